The molecule has 0 aliphatic carbocycles. The summed E-state index contributed by atoms with van der Waals surface area (Å²) in [5, 5.41) is 0. The first-order valence-corrected chi connectivity index (χ1v) is 7.00. The molecule has 0 fully saturated rings. The van der Waals surface area contributed by atoms with Crippen LogP contribution in [0.15, 0.2) is 59.5 Å². The molecule has 0 aliphatic heterocycles. The van der Waals surface area contributed by atoms with Gasteiger partial charge in [-0.1, -0.05) is 48.5 Å². The summed E-state index contributed by atoms with van der Waals surface area (Å²) in [6.45, 7) is 0. The highest BCUT2D eigenvalue weighted by Gasteiger charge is 2.04. The van der Waals surface area contributed by atoms with Gasteiger partial charge in [0.15, 0.2) is 0 Å². The molecule has 2 aromatic carbocycles. The minimum atomic E-state index is 1.10. The van der Waals surface area contributed by atoms with Crippen LogP contribution in [0.2, 0.25) is 0 Å². The van der Waals surface area contributed by atoms with Gasteiger partial charge in [-0.3, -0.25) is 4.31 Å². The van der Waals surface area contributed by atoms with Gasteiger partial charge < -0.3 is 0 Å². The van der Waals surface area contributed by atoms with Crippen molar-refractivity contribution in [2.24, 2.45) is 0 Å². The summed E-state index contributed by atoms with van der Waals surface area (Å²) in [7, 11) is 4.16. The van der Waals surface area contributed by atoms with Crippen molar-refractivity contribution in [1.29, 1.82) is 0 Å². The summed E-state index contributed by atoms with van der Waals surface area (Å²) >= 11 is 1.79. The van der Waals surface area contributed by atoms with E-state index >= 15 is 0 Å². The number of nitrogens with zero attached hydrogens (tertiary/aromatic N) is 1. The van der Waals surface area contributed by atoms with Crippen LogP contribution in [0.4, 0.5) is 0 Å². The van der Waals surface area contributed by atoms with Crippen LogP contribution < -0.4 is 0 Å². The van der Waals surface area contributed by atoms with Crippen LogP contribution in [0.1, 0.15) is 11.1 Å². The predicted molar refractivity (Wildman–Crippen MR) is 79.8 cm³/mol. The molecule has 2 heteroatoms. The van der Waals surface area contributed by atoms with Gasteiger partial charge in [-0.05, 0) is 56.1 Å². The van der Waals surface area contributed by atoms with Crippen LogP contribution in [0.3, 0.4) is 0 Å². The maximum absolute atomic E-state index is 2.23. The SMILES string of the molecule is CN(C)Sc1ccccc1CCc1ccccc1. The standard InChI is InChI=1S/C16H19NS/c1-17(2)18-16-11-7-6-10-15(16)13-12-14-8-4-3-5-9-14/h3-11H,12-13H2,1-2H3. The second kappa shape index (κ2) is 6.62. The Morgan fingerprint density at radius 2 is 1.50 bits per heavy atom. The minimum Gasteiger partial charge on any atom is -0.253 e. The molecule has 0 heterocycles. The maximum atomic E-state index is 2.23. The molecule has 0 aromatic heterocycles. The highest BCUT2D eigenvalue weighted by Crippen LogP contribution is 2.25. The molecule has 18 heavy (non-hydrogen) atoms. The average molecular weight is 257 g/mol. The van der Waals surface area contributed by atoms with E-state index in [0.717, 1.165) is 12.8 Å². The first kappa shape index (κ1) is 13.2. The molecule has 2 rings (SSSR count). The molecule has 0 unspecified atom stereocenters. The summed E-state index contributed by atoms with van der Waals surface area (Å²) < 4.78 is 2.14. The molecule has 1 nitrogen and oxygen atoms in total. The number of aryl methyl sites for hydroxylation is 2. The average Bonchev–Trinajstić information content (AvgIpc) is 2.38. The van der Waals surface area contributed by atoms with E-state index in [4.69, 9.17) is 0 Å². The Balaban J connectivity index is 2.05. The molecule has 0 aliphatic rings. The van der Waals surface area contributed by atoms with E-state index in [9.17, 15) is 0 Å². The summed E-state index contributed by atoms with van der Waals surface area (Å²) in [5.74, 6) is 0. The zero-order chi connectivity index (χ0) is 12.8. The largest absolute Gasteiger partial charge is 0.253 e. The maximum Gasteiger partial charge on any atom is 0.0262 e. The third kappa shape index (κ3) is 3.90. The van der Waals surface area contributed by atoms with Crippen LogP contribution in [-0.2, 0) is 12.8 Å². The van der Waals surface area contributed by atoms with Gasteiger partial charge in [0.25, 0.3) is 0 Å². The summed E-state index contributed by atoms with van der Waals surface area (Å²) in [4.78, 5) is 1.36. The molecular formula is C16H19NS. The smallest absolute Gasteiger partial charge is 0.0262 e. The molecule has 0 bridgehead atoms. The van der Waals surface area contributed by atoms with Crippen molar-refractivity contribution in [3.8, 4) is 0 Å². The fraction of sp³-hybridized carbons (Fsp3) is 0.250. The van der Waals surface area contributed by atoms with E-state index in [1.807, 2.05) is 0 Å². The number of benzene rings is 2. The molecule has 0 amide bonds. The summed E-state index contributed by atoms with van der Waals surface area (Å²) in [6.07, 6.45) is 2.20. The van der Waals surface area contributed by atoms with Crippen LogP contribution in [0.25, 0.3) is 0 Å². The van der Waals surface area contributed by atoms with Crippen LogP contribution in [0.5, 0.6) is 0 Å². The lowest BCUT2D eigenvalue weighted by Gasteiger charge is -2.13. The van der Waals surface area contributed by atoms with E-state index < -0.39 is 0 Å². The van der Waals surface area contributed by atoms with Crippen molar-refractivity contribution in [2.75, 3.05) is 14.1 Å². The van der Waals surface area contributed by atoms with E-state index in [1.54, 1.807) is 11.9 Å². The molecule has 94 valence electrons. The third-order valence-electron chi connectivity index (χ3n) is 2.78. The van der Waals surface area contributed by atoms with E-state index in [2.05, 4.69) is 73.0 Å². The molecule has 0 radical (unpaired) electrons. The molecule has 0 atom stereocenters. The predicted octanol–water partition coefficient (Wildman–Crippen LogP) is 4.04. The Morgan fingerprint density at radius 1 is 0.833 bits per heavy atom. The Morgan fingerprint density at radius 3 is 2.22 bits per heavy atom. The van der Waals surface area contributed by atoms with Gasteiger partial charge >= 0.3 is 0 Å². The summed E-state index contributed by atoms with van der Waals surface area (Å²) in [6, 6.07) is 19.3. The van der Waals surface area contributed by atoms with Gasteiger partial charge in [0.2, 0.25) is 0 Å². The van der Waals surface area contributed by atoms with E-state index in [-0.39, 0.29) is 0 Å². The molecule has 0 saturated carbocycles. The van der Waals surface area contributed by atoms with Crippen molar-refractivity contribution >= 4 is 11.9 Å². The number of hydrogen-bond acceptors (Lipinski definition) is 2. The van der Waals surface area contributed by atoms with Gasteiger partial charge in [0.05, 0.1) is 0 Å². The van der Waals surface area contributed by atoms with E-state index in [0.29, 0.717) is 0 Å². The molecule has 0 saturated heterocycles. The van der Waals surface area contributed by atoms with Crippen molar-refractivity contribution in [3.05, 3.63) is 65.7 Å². The van der Waals surface area contributed by atoms with Crippen molar-refractivity contribution in [3.63, 3.8) is 0 Å². The Kier molecular flexibility index (Phi) is 4.85. The number of hydrogen-bond donors (Lipinski definition) is 0. The first-order valence-electron chi connectivity index (χ1n) is 6.23. The fourth-order valence-electron chi connectivity index (χ4n) is 1.92. The van der Waals surface area contributed by atoms with Crippen LogP contribution in [0, 0.1) is 0 Å². The monoisotopic (exact) mass is 257 g/mol. The lowest BCUT2D eigenvalue weighted by molar-refractivity contribution is 0.701. The third-order valence-corrected chi connectivity index (χ3v) is 3.74. The zero-order valence-corrected chi connectivity index (χ0v) is 11.8. The quantitative estimate of drug-likeness (QED) is 0.744. The summed E-state index contributed by atoms with van der Waals surface area (Å²) in [5.41, 5.74) is 2.84. The molecule has 0 spiro atoms. The highest BCUT2D eigenvalue weighted by molar-refractivity contribution is 7.97. The second-order valence-corrected chi connectivity index (χ2v) is 5.85. The van der Waals surface area contributed by atoms with Crippen LogP contribution >= 0.6 is 11.9 Å². The first-order chi connectivity index (χ1) is 8.75. The van der Waals surface area contributed by atoms with Gasteiger partial charge in [0, 0.05) is 4.90 Å². The van der Waals surface area contributed by atoms with Crippen molar-refractivity contribution in [1.82, 2.24) is 4.31 Å². The minimum absolute atomic E-state index is 1.10. The van der Waals surface area contributed by atoms with Gasteiger partial charge in [0.1, 0.15) is 0 Å². The van der Waals surface area contributed by atoms with Crippen molar-refractivity contribution < 1.29 is 0 Å². The van der Waals surface area contributed by atoms with E-state index in [1.165, 1.54) is 16.0 Å². The lowest BCUT2D eigenvalue weighted by atomic mass is 10.0. The Hall–Kier alpha value is -1.25. The second-order valence-electron chi connectivity index (χ2n) is 4.50. The van der Waals surface area contributed by atoms with Crippen molar-refractivity contribution in [2.45, 2.75) is 17.7 Å². The zero-order valence-electron chi connectivity index (χ0n) is 11.0. The molecular weight excluding hydrogens is 238 g/mol. The number of rotatable bonds is 5. The van der Waals surface area contributed by atoms with Gasteiger partial charge in [-0.15, -0.1) is 0 Å². The highest BCUT2D eigenvalue weighted by atomic mass is 32.2. The van der Waals surface area contributed by atoms with Gasteiger partial charge in [-0.25, -0.2) is 0 Å². The van der Waals surface area contributed by atoms with Crippen LogP contribution in [-0.4, -0.2) is 18.4 Å². The Bertz CT molecular complexity index is 479. The normalized spacial score (nSPS) is 10.8. The Labute approximate surface area is 114 Å². The molecule has 0 N–H and O–H groups in total. The molecule has 2 aromatic rings. The van der Waals surface area contributed by atoms with Gasteiger partial charge in [-0.2, -0.15) is 0 Å². The topological polar surface area (TPSA) is 3.24 Å². The lowest BCUT2D eigenvalue weighted by Crippen LogP contribution is -2.01. The fourth-order valence-corrected chi connectivity index (χ4v) is 2.74.